The predicted octanol–water partition coefficient (Wildman–Crippen LogP) is 3.50. The lowest BCUT2D eigenvalue weighted by atomic mass is 10.1. The van der Waals surface area contributed by atoms with Crippen molar-refractivity contribution < 1.29 is 0 Å². The van der Waals surface area contributed by atoms with Gasteiger partial charge in [-0.05, 0) is 23.8 Å². The number of pyridine rings is 1. The molecule has 3 aromatic heterocycles. The number of rotatable bonds is 4. The number of benzene rings is 1. The van der Waals surface area contributed by atoms with Crippen molar-refractivity contribution in [3.63, 3.8) is 0 Å². The number of hydrogen-bond acceptors (Lipinski definition) is 6. The molecule has 0 saturated heterocycles. The Morgan fingerprint density at radius 2 is 1.81 bits per heavy atom. The summed E-state index contributed by atoms with van der Waals surface area (Å²) in [5, 5.41) is 0.708. The van der Waals surface area contributed by atoms with Gasteiger partial charge in [0.05, 0.1) is 22.5 Å². The summed E-state index contributed by atoms with van der Waals surface area (Å²) in [6.07, 6.45) is 7.35. The van der Waals surface area contributed by atoms with Crippen molar-refractivity contribution in [2.24, 2.45) is 0 Å². The van der Waals surface area contributed by atoms with Crippen LogP contribution in [0.25, 0.3) is 22.6 Å². The fourth-order valence-electron chi connectivity index (χ4n) is 3.74. The van der Waals surface area contributed by atoms with Crippen molar-refractivity contribution in [1.82, 2.24) is 29.8 Å². The minimum atomic E-state index is -0.107. The quantitative estimate of drug-likeness (QED) is 0.533. The molecule has 5 rings (SSSR count). The SMILES string of the molecule is O=c1[nH]c(-c2cncnc2)nc2c1CN(Cc1ccc(-c3ccc(Cl)cc3)nc1)CC2. The maximum Gasteiger partial charge on any atom is 0.255 e. The van der Waals surface area contributed by atoms with Crippen LogP contribution in [0.5, 0.6) is 0 Å². The number of nitrogens with zero attached hydrogens (tertiary/aromatic N) is 5. The van der Waals surface area contributed by atoms with Crippen molar-refractivity contribution in [2.75, 3.05) is 6.54 Å². The summed E-state index contributed by atoms with van der Waals surface area (Å²) in [5.74, 6) is 0.514. The number of halogens is 1. The van der Waals surface area contributed by atoms with E-state index in [-0.39, 0.29) is 5.56 Å². The van der Waals surface area contributed by atoms with E-state index in [1.54, 1.807) is 12.4 Å². The molecule has 0 saturated carbocycles. The number of hydrogen-bond donors (Lipinski definition) is 1. The molecule has 1 N–H and O–H groups in total. The zero-order chi connectivity index (χ0) is 21.2. The summed E-state index contributed by atoms with van der Waals surface area (Å²) in [6.45, 7) is 2.11. The third kappa shape index (κ3) is 4.23. The van der Waals surface area contributed by atoms with Gasteiger partial charge in [0, 0.05) is 55.2 Å². The lowest BCUT2D eigenvalue weighted by Crippen LogP contribution is -2.35. The van der Waals surface area contributed by atoms with E-state index in [0.29, 0.717) is 23.0 Å². The predicted molar refractivity (Wildman–Crippen MR) is 118 cm³/mol. The Kier molecular flexibility index (Phi) is 5.28. The zero-order valence-electron chi connectivity index (χ0n) is 16.6. The van der Waals surface area contributed by atoms with E-state index in [4.69, 9.17) is 11.6 Å². The third-order valence-electron chi connectivity index (χ3n) is 5.35. The maximum atomic E-state index is 12.7. The molecule has 1 aliphatic heterocycles. The summed E-state index contributed by atoms with van der Waals surface area (Å²) >= 11 is 5.96. The van der Waals surface area contributed by atoms with Gasteiger partial charge in [0.25, 0.3) is 5.56 Å². The summed E-state index contributed by atoms with van der Waals surface area (Å²) in [7, 11) is 0. The fraction of sp³-hybridized carbons (Fsp3) is 0.174. The molecule has 1 aromatic carbocycles. The molecule has 4 heterocycles. The molecule has 31 heavy (non-hydrogen) atoms. The molecule has 8 heteroatoms. The maximum absolute atomic E-state index is 12.7. The molecular weight excluding hydrogens is 412 g/mol. The van der Waals surface area contributed by atoms with Crippen molar-refractivity contribution in [3.8, 4) is 22.6 Å². The van der Waals surface area contributed by atoms with Gasteiger partial charge in [-0.15, -0.1) is 0 Å². The second-order valence-corrected chi connectivity index (χ2v) is 7.92. The van der Waals surface area contributed by atoms with Gasteiger partial charge in [-0.1, -0.05) is 29.8 Å². The second kappa shape index (κ2) is 8.37. The topological polar surface area (TPSA) is 87.7 Å². The zero-order valence-corrected chi connectivity index (χ0v) is 17.4. The van der Waals surface area contributed by atoms with Gasteiger partial charge in [0.15, 0.2) is 0 Å². The van der Waals surface area contributed by atoms with Crippen LogP contribution in [-0.4, -0.2) is 36.4 Å². The Morgan fingerprint density at radius 3 is 2.55 bits per heavy atom. The van der Waals surface area contributed by atoms with E-state index >= 15 is 0 Å². The molecule has 4 aromatic rings. The van der Waals surface area contributed by atoms with Crippen molar-refractivity contribution in [3.05, 3.63) is 93.5 Å². The highest BCUT2D eigenvalue weighted by molar-refractivity contribution is 6.30. The highest BCUT2D eigenvalue weighted by atomic mass is 35.5. The lowest BCUT2D eigenvalue weighted by Gasteiger charge is -2.27. The molecule has 0 radical (unpaired) electrons. The van der Waals surface area contributed by atoms with Gasteiger partial charge < -0.3 is 4.98 Å². The van der Waals surface area contributed by atoms with Crippen molar-refractivity contribution >= 4 is 11.6 Å². The molecule has 154 valence electrons. The van der Waals surface area contributed by atoms with Crippen molar-refractivity contribution in [1.29, 1.82) is 0 Å². The van der Waals surface area contributed by atoms with E-state index in [2.05, 4.69) is 35.9 Å². The molecule has 0 spiro atoms. The molecular formula is C23H19ClN6O. The van der Waals surface area contributed by atoms with Crippen LogP contribution in [0.2, 0.25) is 5.02 Å². The average molecular weight is 431 g/mol. The van der Waals surface area contributed by atoms with Gasteiger partial charge in [-0.2, -0.15) is 0 Å². The van der Waals surface area contributed by atoms with Crippen LogP contribution < -0.4 is 5.56 Å². The van der Waals surface area contributed by atoms with Gasteiger partial charge >= 0.3 is 0 Å². The molecule has 0 amide bonds. The van der Waals surface area contributed by atoms with Crippen LogP contribution >= 0.6 is 11.6 Å². The van der Waals surface area contributed by atoms with E-state index < -0.39 is 0 Å². The largest absolute Gasteiger partial charge is 0.306 e. The van der Waals surface area contributed by atoms with Gasteiger partial charge in [0.1, 0.15) is 12.2 Å². The summed E-state index contributed by atoms with van der Waals surface area (Å²) in [5.41, 5.74) is 5.19. The molecule has 7 nitrogen and oxygen atoms in total. The van der Waals surface area contributed by atoms with Gasteiger partial charge in [0.2, 0.25) is 0 Å². The highest BCUT2D eigenvalue weighted by Gasteiger charge is 2.21. The minimum Gasteiger partial charge on any atom is -0.306 e. The van der Waals surface area contributed by atoms with Crippen LogP contribution in [0.4, 0.5) is 0 Å². The smallest absolute Gasteiger partial charge is 0.255 e. The van der Waals surface area contributed by atoms with Crippen LogP contribution in [0.15, 0.2) is 66.1 Å². The highest BCUT2D eigenvalue weighted by Crippen LogP contribution is 2.22. The molecule has 0 unspecified atom stereocenters. The minimum absolute atomic E-state index is 0.107. The Labute approximate surface area is 183 Å². The number of nitrogens with one attached hydrogen (secondary N) is 1. The first kappa shape index (κ1) is 19.5. The second-order valence-electron chi connectivity index (χ2n) is 7.49. The first-order valence-electron chi connectivity index (χ1n) is 9.96. The van der Waals surface area contributed by atoms with Crippen LogP contribution in [-0.2, 0) is 19.5 Å². The third-order valence-corrected chi connectivity index (χ3v) is 5.60. The van der Waals surface area contributed by atoms with E-state index in [0.717, 1.165) is 47.6 Å². The standard InChI is InChI=1S/C23H19ClN6O/c24-18-4-2-16(3-5-18)20-6-1-15(9-27-20)12-30-8-7-21-19(13-30)23(31)29-22(28-21)17-10-25-14-26-11-17/h1-6,9-11,14H,7-8,12-13H2,(H,28,29,31). The summed E-state index contributed by atoms with van der Waals surface area (Å²) < 4.78 is 0. The molecule has 0 atom stereocenters. The molecule has 0 aliphatic carbocycles. The number of H-pyrrole nitrogens is 1. The Morgan fingerprint density at radius 1 is 1.00 bits per heavy atom. The fourth-order valence-corrected chi connectivity index (χ4v) is 3.87. The van der Waals surface area contributed by atoms with E-state index in [1.807, 2.05) is 36.5 Å². The normalized spacial score (nSPS) is 13.7. The van der Waals surface area contributed by atoms with E-state index in [9.17, 15) is 4.79 Å². The molecule has 1 aliphatic rings. The summed E-state index contributed by atoms with van der Waals surface area (Å²) in [6, 6.07) is 11.7. The number of aromatic nitrogens is 5. The molecule has 0 bridgehead atoms. The average Bonchev–Trinajstić information content (AvgIpc) is 2.81. The molecule has 0 fully saturated rings. The van der Waals surface area contributed by atoms with E-state index in [1.165, 1.54) is 6.33 Å². The number of fused-ring (bicyclic) bond motifs is 1. The monoisotopic (exact) mass is 430 g/mol. The van der Waals surface area contributed by atoms with Crippen molar-refractivity contribution in [2.45, 2.75) is 19.5 Å². The van der Waals surface area contributed by atoms with Crippen LogP contribution in [0, 0.1) is 0 Å². The van der Waals surface area contributed by atoms with Gasteiger partial charge in [-0.25, -0.2) is 15.0 Å². The Balaban J connectivity index is 1.31. The van der Waals surface area contributed by atoms with Crippen LogP contribution in [0.3, 0.4) is 0 Å². The van der Waals surface area contributed by atoms with Crippen LogP contribution in [0.1, 0.15) is 16.8 Å². The Hall–Kier alpha value is -3.42. The summed E-state index contributed by atoms with van der Waals surface area (Å²) in [4.78, 5) is 35.0. The van der Waals surface area contributed by atoms with Gasteiger partial charge in [-0.3, -0.25) is 14.7 Å². The lowest BCUT2D eigenvalue weighted by molar-refractivity contribution is 0.241. The first-order chi connectivity index (χ1) is 15.2. The first-order valence-corrected chi connectivity index (χ1v) is 10.3. The Bertz CT molecular complexity index is 1260. The number of aromatic amines is 1.